The molecule has 0 unspecified atom stereocenters. The molecule has 0 spiro atoms. The summed E-state index contributed by atoms with van der Waals surface area (Å²) in [5.74, 6) is -0.724. The van der Waals surface area contributed by atoms with Crippen molar-refractivity contribution in [1.82, 2.24) is 4.57 Å². The summed E-state index contributed by atoms with van der Waals surface area (Å²) in [5, 5.41) is 24.8. The topological polar surface area (TPSA) is 101 Å². The summed E-state index contributed by atoms with van der Waals surface area (Å²) in [5.41, 5.74) is 2.23. The van der Waals surface area contributed by atoms with E-state index in [9.17, 15) is 20.2 Å². The first kappa shape index (κ1) is 21.8. The van der Waals surface area contributed by atoms with E-state index in [0.29, 0.717) is 17.1 Å². The predicted octanol–water partition coefficient (Wildman–Crippen LogP) is 5.80. The van der Waals surface area contributed by atoms with Crippen molar-refractivity contribution in [2.75, 3.05) is 5.32 Å². The standard InChI is InChI=1S/C25H17ClN4O3/c26-20-7-5-6-17(12-20)15-29-16-19(21-8-1-3-10-23(21)29)13-18(14-27)25(31)28-22-9-2-4-11-24(22)30(32)33/h1-13,16H,15H2,(H,28,31). The fourth-order valence-corrected chi connectivity index (χ4v) is 3.80. The second-order valence-electron chi connectivity index (χ2n) is 7.26. The lowest BCUT2D eigenvalue weighted by atomic mass is 10.1. The summed E-state index contributed by atoms with van der Waals surface area (Å²) in [4.78, 5) is 23.4. The van der Waals surface area contributed by atoms with Crippen LogP contribution in [-0.4, -0.2) is 15.4 Å². The zero-order valence-electron chi connectivity index (χ0n) is 17.2. The lowest BCUT2D eigenvalue weighted by molar-refractivity contribution is -0.383. The number of nitrogens with one attached hydrogen (secondary N) is 1. The summed E-state index contributed by atoms with van der Waals surface area (Å²) in [6.45, 7) is 0.555. The zero-order valence-corrected chi connectivity index (χ0v) is 18.0. The third-order valence-corrected chi connectivity index (χ3v) is 5.31. The van der Waals surface area contributed by atoms with Crippen molar-refractivity contribution in [3.63, 3.8) is 0 Å². The molecule has 0 aliphatic rings. The Kier molecular flexibility index (Phi) is 6.20. The molecule has 0 atom stereocenters. The molecule has 0 fully saturated rings. The summed E-state index contributed by atoms with van der Waals surface area (Å²) in [7, 11) is 0. The fraction of sp³-hybridized carbons (Fsp3) is 0.0400. The molecular formula is C25H17ClN4O3. The molecule has 0 saturated heterocycles. The number of carbonyl (C=O) groups excluding carboxylic acids is 1. The van der Waals surface area contributed by atoms with Crippen LogP contribution in [0, 0.1) is 21.4 Å². The normalized spacial score (nSPS) is 11.2. The van der Waals surface area contributed by atoms with Crippen LogP contribution in [-0.2, 0) is 11.3 Å². The summed E-state index contributed by atoms with van der Waals surface area (Å²) >= 11 is 6.11. The Labute approximate surface area is 194 Å². The van der Waals surface area contributed by atoms with E-state index in [4.69, 9.17) is 11.6 Å². The number of nitro groups is 1. The molecule has 1 amide bonds. The number of rotatable bonds is 6. The highest BCUT2D eigenvalue weighted by atomic mass is 35.5. The van der Waals surface area contributed by atoms with Crippen molar-refractivity contribution >= 4 is 45.9 Å². The fourth-order valence-electron chi connectivity index (χ4n) is 3.59. The number of halogens is 1. The van der Waals surface area contributed by atoms with Crippen LogP contribution in [0.2, 0.25) is 5.02 Å². The average molecular weight is 457 g/mol. The predicted molar refractivity (Wildman–Crippen MR) is 128 cm³/mol. The number of amides is 1. The number of nitro benzene ring substituents is 1. The Bertz CT molecular complexity index is 1450. The van der Waals surface area contributed by atoms with Gasteiger partial charge in [0.1, 0.15) is 17.3 Å². The molecule has 0 aliphatic heterocycles. The van der Waals surface area contributed by atoms with Crippen LogP contribution in [0.5, 0.6) is 0 Å². The van der Waals surface area contributed by atoms with Gasteiger partial charge in [0.2, 0.25) is 0 Å². The highest BCUT2D eigenvalue weighted by Gasteiger charge is 2.18. The maximum Gasteiger partial charge on any atom is 0.292 e. The number of nitrogens with zero attached hydrogens (tertiary/aromatic N) is 3. The van der Waals surface area contributed by atoms with Crippen LogP contribution in [0.3, 0.4) is 0 Å². The van der Waals surface area contributed by atoms with Crippen LogP contribution in [0.1, 0.15) is 11.1 Å². The lowest BCUT2D eigenvalue weighted by Gasteiger charge is -2.06. The molecule has 33 heavy (non-hydrogen) atoms. The van der Waals surface area contributed by atoms with Crippen molar-refractivity contribution in [2.24, 2.45) is 0 Å². The van der Waals surface area contributed by atoms with Crippen molar-refractivity contribution in [3.05, 3.63) is 111 Å². The second-order valence-corrected chi connectivity index (χ2v) is 7.69. The number of hydrogen-bond acceptors (Lipinski definition) is 4. The first-order chi connectivity index (χ1) is 16.0. The minimum atomic E-state index is -0.724. The van der Waals surface area contributed by atoms with E-state index < -0.39 is 10.8 Å². The minimum Gasteiger partial charge on any atom is -0.342 e. The minimum absolute atomic E-state index is 0.0250. The average Bonchev–Trinajstić information content (AvgIpc) is 3.14. The van der Waals surface area contributed by atoms with Gasteiger partial charge in [-0.15, -0.1) is 0 Å². The Balaban J connectivity index is 1.69. The van der Waals surface area contributed by atoms with Crippen molar-refractivity contribution in [2.45, 2.75) is 6.54 Å². The summed E-state index contributed by atoms with van der Waals surface area (Å²) in [6.07, 6.45) is 3.35. The molecule has 3 aromatic carbocycles. The van der Waals surface area contributed by atoms with Crippen molar-refractivity contribution < 1.29 is 9.72 Å². The Morgan fingerprint density at radius 3 is 2.64 bits per heavy atom. The largest absolute Gasteiger partial charge is 0.342 e. The Morgan fingerprint density at radius 1 is 1.12 bits per heavy atom. The molecule has 0 bridgehead atoms. The zero-order chi connectivity index (χ0) is 23.4. The number of anilines is 1. The third kappa shape index (κ3) is 4.76. The van der Waals surface area contributed by atoms with E-state index in [2.05, 4.69) is 5.32 Å². The molecule has 162 valence electrons. The van der Waals surface area contributed by atoms with E-state index in [-0.39, 0.29) is 16.9 Å². The molecule has 0 aliphatic carbocycles. The number of hydrogen-bond donors (Lipinski definition) is 1. The van der Waals surface area contributed by atoms with Gasteiger partial charge in [0.05, 0.1) is 4.92 Å². The van der Waals surface area contributed by atoms with Crippen LogP contribution >= 0.6 is 11.6 Å². The summed E-state index contributed by atoms with van der Waals surface area (Å²) in [6, 6.07) is 22.9. The number of benzene rings is 3. The summed E-state index contributed by atoms with van der Waals surface area (Å²) < 4.78 is 2.02. The SMILES string of the molecule is N#CC(=Cc1cn(Cc2cccc(Cl)c2)c2ccccc12)C(=O)Nc1ccccc1[N+](=O)[O-]. The van der Waals surface area contributed by atoms with Gasteiger partial charge in [-0.05, 0) is 35.9 Å². The molecule has 0 saturated carbocycles. The first-order valence-electron chi connectivity index (χ1n) is 9.95. The molecule has 7 nitrogen and oxygen atoms in total. The van der Waals surface area contributed by atoms with Gasteiger partial charge in [0, 0.05) is 40.3 Å². The molecule has 1 N–H and O–H groups in total. The van der Waals surface area contributed by atoms with Crippen LogP contribution in [0.4, 0.5) is 11.4 Å². The maximum atomic E-state index is 12.7. The lowest BCUT2D eigenvalue weighted by Crippen LogP contribution is -2.14. The van der Waals surface area contributed by atoms with Gasteiger partial charge < -0.3 is 9.88 Å². The molecule has 4 aromatic rings. The molecular weight excluding hydrogens is 440 g/mol. The third-order valence-electron chi connectivity index (χ3n) is 5.08. The Morgan fingerprint density at radius 2 is 1.88 bits per heavy atom. The first-order valence-corrected chi connectivity index (χ1v) is 10.3. The highest BCUT2D eigenvalue weighted by Crippen LogP contribution is 2.27. The smallest absolute Gasteiger partial charge is 0.292 e. The Hall–Kier alpha value is -4.41. The van der Waals surface area contributed by atoms with Gasteiger partial charge in [-0.2, -0.15) is 5.26 Å². The highest BCUT2D eigenvalue weighted by molar-refractivity contribution is 6.30. The van der Waals surface area contributed by atoms with Gasteiger partial charge in [0.25, 0.3) is 11.6 Å². The van der Waals surface area contributed by atoms with E-state index in [1.165, 1.54) is 24.3 Å². The van der Waals surface area contributed by atoms with Crippen LogP contribution < -0.4 is 5.32 Å². The van der Waals surface area contributed by atoms with E-state index >= 15 is 0 Å². The number of para-hydroxylation sites is 3. The number of nitriles is 1. The van der Waals surface area contributed by atoms with E-state index in [1.807, 2.05) is 65.4 Å². The van der Waals surface area contributed by atoms with Gasteiger partial charge in [-0.3, -0.25) is 14.9 Å². The van der Waals surface area contributed by atoms with Crippen molar-refractivity contribution in [1.29, 1.82) is 5.26 Å². The van der Waals surface area contributed by atoms with Crippen molar-refractivity contribution in [3.8, 4) is 6.07 Å². The quantitative estimate of drug-likeness (QED) is 0.171. The number of aromatic nitrogens is 1. The van der Waals surface area contributed by atoms with Crippen LogP contribution in [0.25, 0.3) is 17.0 Å². The molecule has 8 heteroatoms. The van der Waals surface area contributed by atoms with Gasteiger partial charge in [-0.25, -0.2) is 0 Å². The van der Waals surface area contributed by atoms with Gasteiger partial charge in [0.15, 0.2) is 0 Å². The monoisotopic (exact) mass is 456 g/mol. The van der Waals surface area contributed by atoms with Gasteiger partial charge in [-0.1, -0.05) is 54.1 Å². The van der Waals surface area contributed by atoms with Gasteiger partial charge >= 0.3 is 0 Å². The molecule has 4 rings (SSSR count). The maximum absolute atomic E-state index is 12.7. The molecule has 1 heterocycles. The van der Waals surface area contributed by atoms with E-state index in [0.717, 1.165) is 16.5 Å². The number of fused-ring (bicyclic) bond motifs is 1. The molecule has 1 aromatic heterocycles. The van der Waals surface area contributed by atoms with E-state index in [1.54, 1.807) is 6.07 Å². The second kappa shape index (κ2) is 9.39. The number of carbonyl (C=O) groups is 1. The van der Waals surface area contributed by atoms with Crippen LogP contribution in [0.15, 0.2) is 84.6 Å². The molecule has 0 radical (unpaired) electrons.